The smallest absolute Gasteiger partial charge is 0.349 e. The first-order chi connectivity index (χ1) is 16.7. The first-order valence-electron chi connectivity index (χ1n) is 11.2. The van der Waals surface area contributed by atoms with E-state index in [0.29, 0.717) is 24.3 Å². The molecule has 10 heteroatoms. The number of nitrogens with one attached hydrogen (secondary N) is 1. The number of nitrogens with zero attached hydrogens (tertiary/aromatic N) is 3. The van der Waals surface area contributed by atoms with Gasteiger partial charge >= 0.3 is 5.97 Å². The van der Waals surface area contributed by atoms with Crippen LogP contribution >= 0.6 is 0 Å². The number of anilines is 2. The van der Waals surface area contributed by atoms with Crippen LogP contribution in [0.5, 0.6) is 0 Å². The SMILES string of the molecule is CN(C)c1ccc(/C=C(\C#N)C(=O)OCC(=O)Nc2ccc(S(=O)(=O)N3CCCCC3)cc2)cc1. The van der Waals surface area contributed by atoms with E-state index in [2.05, 4.69) is 5.32 Å². The lowest BCUT2D eigenvalue weighted by atomic mass is 10.1. The highest BCUT2D eigenvalue weighted by atomic mass is 32.2. The average Bonchev–Trinajstić information content (AvgIpc) is 2.87. The highest BCUT2D eigenvalue weighted by Crippen LogP contribution is 2.22. The predicted octanol–water partition coefficient (Wildman–Crippen LogP) is 3.02. The van der Waals surface area contributed by atoms with Gasteiger partial charge in [-0.05, 0) is 60.9 Å². The fraction of sp³-hybridized carbons (Fsp3) is 0.320. The quantitative estimate of drug-likeness (QED) is 0.339. The molecule has 0 aromatic heterocycles. The van der Waals surface area contributed by atoms with Crippen molar-refractivity contribution in [3.05, 3.63) is 59.7 Å². The second kappa shape index (κ2) is 11.6. The molecule has 1 heterocycles. The van der Waals surface area contributed by atoms with E-state index < -0.39 is 28.5 Å². The van der Waals surface area contributed by atoms with E-state index >= 15 is 0 Å². The van der Waals surface area contributed by atoms with Crippen LogP contribution in [0.25, 0.3) is 6.08 Å². The Balaban J connectivity index is 1.55. The largest absolute Gasteiger partial charge is 0.451 e. The molecule has 184 valence electrons. The normalized spacial score (nSPS) is 14.6. The highest BCUT2D eigenvalue weighted by molar-refractivity contribution is 7.89. The summed E-state index contributed by atoms with van der Waals surface area (Å²) in [6, 6.07) is 14.9. The molecule has 0 spiro atoms. The van der Waals surface area contributed by atoms with Crippen molar-refractivity contribution in [1.29, 1.82) is 5.26 Å². The lowest BCUT2D eigenvalue weighted by Crippen LogP contribution is -2.35. The summed E-state index contributed by atoms with van der Waals surface area (Å²) in [5, 5.41) is 11.9. The number of benzene rings is 2. The van der Waals surface area contributed by atoms with Gasteiger partial charge in [0.15, 0.2) is 6.61 Å². The van der Waals surface area contributed by atoms with Crippen molar-refractivity contribution in [2.24, 2.45) is 0 Å². The topological polar surface area (TPSA) is 120 Å². The summed E-state index contributed by atoms with van der Waals surface area (Å²) in [6.45, 7) is 0.421. The van der Waals surface area contributed by atoms with E-state index in [4.69, 9.17) is 4.74 Å². The molecule has 0 atom stereocenters. The Bertz CT molecular complexity index is 1220. The molecular weight excluding hydrogens is 468 g/mol. The minimum Gasteiger partial charge on any atom is -0.451 e. The zero-order valence-corrected chi connectivity index (χ0v) is 20.5. The first kappa shape index (κ1) is 25.9. The van der Waals surface area contributed by atoms with Crippen LogP contribution in [0.3, 0.4) is 0 Å². The number of hydrogen-bond acceptors (Lipinski definition) is 7. The Morgan fingerprint density at radius 3 is 2.26 bits per heavy atom. The number of piperidine rings is 1. The number of sulfonamides is 1. The Morgan fingerprint density at radius 2 is 1.69 bits per heavy atom. The number of esters is 1. The lowest BCUT2D eigenvalue weighted by Gasteiger charge is -2.25. The van der Waals surface area contributed by atoms with E-state index in [0.717, 1.165) is 24.9 Å². The summed E-state index contributed by atoms with van der Waals surface area (Å²) in [5.74, 6) is -1.53. The molecule has 1 aliphatic heterocycles. The van der Waals surface area contributed by atoms with Crippen LogP contribution in [0.2, 0.25) is 0 Å². The van der Waals surface area contributed by atoms with Crippen LogP contribution < -0.4 is 10.2 Å². The zero-order valence-electron chi connectivity index (χ0n) is 19.7. The van der Waals surface area contributed by atoms with Gasteiger partial charge in [-0.2, -0.15) is 9.57 Å². The van der Waals surface area contributed by atoms with Crippen molar-refractivity contribution in [3.8, 4) is 6.07 Å². The number of carbonyl (C=O) groups excluding carboxylic acids is 2. The zero-order chi connectivity index (χ0) is 25.4. The molecule has 1 aliphatic rings. The maximum atomic E-state index is 12.7. The summed E-state index contributed by atoms with van der Waals surface area (Å²) in [7, 11) is 0.244. The molecule has 0 saturated carbocycles. The summed E-state index contributed by atoms with van der Waals surface area (Å²) >= 11 is 0. The molecule has 0 radical (unpaired) electrons. The maximum Gasteiger partial charge on any atom is 0.349 e. The maximum absolute atomic E-state index is 12.7. The second-order valence-corrected chi connectivity index (χ2v) is 10.2. The van der Waals surface area contributed by atoms with Crippen LogP contribution in [0.4, 0.5) is 11.4 Å². The van der Waals surface area contributed by atoms with Crippen LogP contribution in [-0.4, -0.2) is 58.4 Å². The van der Waals surface area contributed by atoms with Gasteiger partial charge in [0.1, 0.15) is 11.6 Å². The van der Waals surface area contributed by atoms with Crippen molar-refractivity contribution in [1.82, 2.24) is 4.31 Å². The van der Waals surface area contributed by atoms with Crippen molar-refractivity contribution in [3.63, 3.8) is 0 Å². The fourth-order valence-electron chi connectivity index (χ4n) is 3.54. The molecule has 3 rings (SSSR count). The summed E-state index contributed by atoms with van der Waals surface area (Å²) in [6.07, 6.45) is 4.10. The number of rotatable bonds is 8. The number of nitriles is 1. The summed E-state index contributed by atoms with van der Waals surface area (Å²) < 4.78 is 31.9. The van der Waals surface area contributed by atoms with Gasteiger partial charge in [-0.3, -0.25) is 4.79 Å². The van der Waals surface area contributed by atoms with Crippen LogP contribution in [0, 0.1) is 11.3 Å². The highest BCUT2D eigenvalue weighted by Gasteiger charge is 2.25. The van der Waals surface area contributed by atoms with Crippen molar-refractivity contribution in [2.45, 2.75) is 24.2 Å². The molecule has 2 aromatic rings. The molecule has 0 bridgehead atoms. The minimum absolute atomic E-state index is 0.159. The average molecular weight is 497 g/mol. The van der Waals surface area contributed by atoms with Gasteiger partial charge in [0.05, 0.1) is 4.90 Å². The van der Waals surface area contributed by atoms with Gasteiger partial charge in [0, 0.05) is 38.6 Å². The molecule has 1 N–H and O–H groups in total. The molecule has 35 heavy (non-hydrogen) atoms. The molecule has 2 aromatic carbocycles. The van der Waals surface area contributed by atoms with Crippen LogP contribution in [0.15, 0.2) is 59.0 Å². The van der Waals surface area contributed by atoms with Gasteiger partial charge in [-0.25, -0.2) is 13.2 Å². The molecule has 1 saturated heterocycles. The van der Waals surface area contributed by atoms with E-state index in [1.165, 1.54) is 34.6 Å². The van der Waals surface area contributed by atoms with E-state index in [9.17, 15) is 23.3 Å². The summed E-state index contributed by atoms with van der Waals surface area (Å²) in [5.41, 5.74) is 1.74. The van der Waals surface area contributed by atoms with Crippen LogP contribution in [-0.2, 0) is 24.3 Å². The Hall–Kier alpha value is -3.68. The number of amides is 1. The fourth-order valence-corrected chi connectivity index (χ4v) is 5.06. The number of hydrogen-bond donors (Lipinski definition) is 1. The minimum atomic E-state index is -3.56. The molecule has 0 unspecified atom stereocenters. The lowest BCUT2D eigenvalue weighted by molar-refractivity contribution is -0.142. The second-order valence-electron chi connectivity index (χ2n) is 8.27. The Morgan fingerprint density at radius 1 is 1.06 bits per heavy atom. The molecule has 9 nitrogen and oxygen atoms in total. The summed E-state index contributed by atoms with van der Waals surface area (Å²) in [4.78, 5) is 26.5. The molecule has 0 aliphatic carbocycles. The number of carbonyl (C=O) groups is 2. The third kappa shape index (κ3) is 6.91. The van der Waals surface area contributed by atoms with Gasteiger partial charge in [0.2, 0.25) is 10.0 Å². The van der Waals surface area contributed by atoms with Crippen molar-refractivity contribution >= 4 is 39.4 Å². The Labute approximate surface area is 205 Å². The van der Waals surface area contributed by atoms with Crippen molar-refractivity contribution < 1.29 is 22.7 Å². The number of ether oxygens (including phenoxy) is 1. The van der Waals surface area contributed by atoms with E-state index in [-0.39, 0.29) is 10.5 Å². The van der Waals surface area contributed by atoms with E-state index in [1.54, 1.807) is 18.2 Å². The third-order valence-electron chi connectivity index (χ3n) is 5.49. The van der Waals surface area contributed by atoms with Gasteiger partial charge < -0.3 is 15.0 Å². The predicted molar refractivity (Wildman–Crippen MR) is 133 cm³/mol. The van der Waals surface area contributed by atoms with Gasteiger partial charge in [-0.15, -0.1) is 0 Å². The molecular formula is C25H28N4O5S. The monoisotopic (exact) mass is 496 g/mol. The molecule has 1 amide bonds. The van der Waals surface area contributed by atoms with Crippen LogP contribution in [0.1, 0.15) is 24.8 Å². The van der Waals surface area contributed by atoms with Crippen molar-refractivity contribution in [2.75, 3.05) is 44.0 Å². The third-order valence-corrected chi connectivity index (χ3v) is 7.40. The first-order valence-corrected chi connectivity index (χ1v) is 12.6. The standard InChI is InChI=1S/C25H28N4O5S/c1-28(2)22-10-6-19(7-11-22)16-20(17-26)25(31)34-18-24(30)27-21-8-12-23(13-9-21)35(32,33)29-14-4-3-5-15-29/h6-13,16H,3-5,14-15,18H2,1-2H3,(H,27,30)/b20-16+. The Kier molecular flexibility index (Phi) is 8.63. The molecule has 1 fully saturated rings. The van der Waals surface area contributed by atoms with E-state index in [1.807, 2.05) is 31.1 Å². The van der Waals surface area contributed by atoms with Gasteiger partial charge in [-0.1, -0.05) is 18.6 Å². The van der Waals surface area contributed by atoms with Gasteiger partial charge in [0.25, 0.3) is 5.91 Å².